The molecule has 2 rings (SSSR count). The number of rotatable bonds is 2. The molecule has 0 aromatic heterocycles. The van der Waals surface area contributed by atoms with Crippen molar-refractivity contribution in [1.82, 2.24) is 0 Å². The molecule has 0 bridgehead atoms. The quantitative estimate of drug-likeness (QED) is 0.586. The third-order valence-corrected chi connectivity index (χ3v) is 40.8. The number of hydrogen-bond donors (Lipinski definition) is 0. The van der Waals surface area contributed by atoms with Crippen molar-refractivity contribution >= 4 is 36.0 Å². The van der Waals surface area contributed by atoms with Crippen LogP contribution in [0.25, 0.3) is 0 Å². The fourth-order valence-corrected chi connectivity index (χ4v) is 38.3. The molecule has 0 atom stereocenters. The summed E-state index contributed by atoms with van der Waals surface area (Å²) in [6.07, 6.45) is 0. The van der Waals surface area contributed by atoms with Gasteiger partial charge < -0.3 is 0 Å². The predicted molar refractivity (Wildman–Crippen MR) is 69.6 cm³/mol. The van der Waals surface area contributed by atoms with Gasteiger partial charge in [0.2, 0.25) is 0 Å². The topological polar surface area (TPSA) is 0 Å². The van der Waals surface area contributed by atoms with Crippen LogP contribution in [0, 0.1) is 0 Å². The van der Waals surface area contributed by atoms with Crippen LogP contribution in [0.2, 0.25) is 0 Å². The Morgan fingerprint density at radius 3 is 1.38 bits per heavy atom. The summed E-state index contributed by atoms with van der Waals surface area (Å²) in [7, 11) is 11.1. The van der Waals surface area contributed by atoms with E-state index in [9.17, 15) is 0 Å². The first-order valence-electron chi connectivity index (χ1n) is 4.95. The van der Waals surface area contributed by atoms with E-state index in [2.05, 4.69) is 48.5 Å². The third kappa shape index (κ3) is 3.22. The zero-order chi connectivity index (χ0) is 11.4. The molecule has 4 heteroatoms. The first-order valence-corrected chi connectivity index (χ1v) is 26.3. The minimum atomic E-state index is -2.35. The molecule has 2 aromatic carbocycles. The number of halogens is 2. The van der Waals surface area contributed by atoms with Crippen LogP contribution in [0.1, 0.15) is 0 Å². The Bertz CT molecular complexity index is 451. The van der Waals surface area contributed by atoms with Crippen LogP contribution in [-0.2, 0) is 16.0 Å². The van der Waals surface area contributed by atoms with Crippen molar-refractivity contribution in [3.63, 3.8) is 0 Å². The normalized spacial score (nSPS) is 9.88. The van der Waals surface area contributed by atoms with E-state index in [-0.39, 0.29) is 0 Å². The first-order chi connectivity index (χ1) is 7.79. The van der Waals surface area contributed by atoms with Crippen LogP contribution < -0.4 is 8.79 Å². The van der Waals surface area contributed by atoms with Crippen LogP contribution >= 0.6 is 17.2 Å². The Hall–Kier alpha value is 0.433. The average Bonchev–Trinajstić information content (AvgIpc) is 2.31. The van der Waals surface area contributed by atoms with Gasteiger partial charge in [-0.25, -0.2) is 0 Å². The van der Waals surface area contributed by atoms with Gasteiger partial charge in [0.1, 0.15) is 0 Å². The molecule has 2 aromatic rings. The molecular weight excluding hydrogens is 466 g/mol. The molecule has 16 heavy (non-hydrogen) atoms. The Labute approximate surface area is 111 Å². The first kappa shape index (κ1) is 12.9. The van der Waals surface area contributed by atoms with E-state index >= 15 is 0 Å². The summed E-state index contributed by atoms with van der Waals surface area (Å²) < 4.78 is 2.81. The summed E-state index contributed by atoms with van der Waals surface area (Å²) in [6.45, 7) is 0. The summed E-state index contributed by atoms with van der Waals surface area (Å²) >= 11 is -2.35. The van der Waals surface area contributed by atoms with Crippen molar-refractivity contribution < 1.29 is 16.0 Å². The third-order valence-electron chi connectivity index (χ3n) is 2.31. The molecule has 0 spiro atoms. The van der Waals surface area contributed by atoms with Gasteiger partial charge >= 0.3 is 113 Å². The van der Waals surface area contributed by atoms with Crippen LogP contribution in [-0.4, -0.2) is 10.1 Å². The van der Waals surface area contributed by atoms with Crippen molar-refractivity contribution in [3.8, 4) is 0 Å². The van der Waals surface area contributed by atoms with Crippen molar-refractivity contribution in [3.05, 3.63) is 60.7 Å². The average molecular weight is 476 g/mol. The van der Waals surface area contributed by atoms with Crippen LogP contribution in [0.5, 0.6) is 0 Å². The molecule has 0 aliphatic heterocycles. The van der Waals surface area contributed by atoms with Gasteiger partial charge in [0.05, 0.1) is 0 Å². The van der Waals surface area contributed by atoms with Crippen LogP contribution in [0.15, 0.2) is 60.7 Å². The molecule has 0 nitrogen and oxygen atoms in total. The molecule has 0 aliphatic rings. The molecular formula is C12H10Cl2GeHf. The Kier molecular flexibility index (Phi) is 5.14. The second-order valence-electron chi connectivity index (χ2n) is 3.37. The van der Waals surface area contributed by atoms with Gasteiger partial charge in [-0.2, -0.15) is 0 Å². The van der Waals surface area contributed by atoms with Gasteiger partial charge in [0, 0.05) is 0 Å². The van der Waals surface area contributed by atoms with E-state index in [0.29, 0.717) is 0 Å². The van der Waals surface area contributed by atoms with Gasteiger partial charge in [-0.15, -0.1) is 0 Å². The van der Waals surface area contributed by atoms with Crippen LogP contribution in [0.3, 0.4) is 0 Å². The fraction of sp³-hybridized carbons (Fsp3) is 0. The molecule has 0 aliphatic carbocycles. The Morgan fingerprint density at radius 1 is 0.688 bits per heavy atom. The van der Waals surface area contributed by atoms with E-state index in [1.54, 1.807) is 0 Å². The maximum atomic E-state index is 6.37. The standard InChI is InChI=1S/C12H10Ge.2ClH.Hf/c1-3-7-11(8-4-1)13-12-9-5-2-6-10-12;;;/h1-10H;2*1H;/q;;;+2/p-2. The molecule has 0 saturated carbocycles. The molecule has 0 radical (unpaired) electrons. The van der Waals surface area contributed by atoms with Gasteiger partial charge in [0.15, 0.2) is 0 Å². The van der Waals surface area contributed by atoms with E-state index in [1.807, 2.05) is 12.1 Å². The number of hydrogen-bond acceptors (Lipinski definition) is 0. The molecule has 0 amide bonds. The van der Waals surface area contributed by atoms with E-state index in [4.69, 9.17) is 17.2 Å². The Balaban J connectivity index is 2.54. The second kappa shape index (κ2) is 6.39. The van der Waals surface area contributed by atoms with E-state index < -0.39 is 26.0 Å². The zero-order valence-electron chi connectivity index (χ0n) is 8.53. The summed E-state index contributed by atoms with van der Waals surface area (Å²) in [5.41, 5.74) is 0. The zero-order valence-corrected chi connectivity index (χ0v) is 15.7. The fourth-order valence-electron chi connectivity index (χ4n) is 1.59. The molecule has 0 fully saturated rings. The minimum absolute atomic E-state index is 1.40. The summed E-state index contributed by atoms with van der Waals surface area (Å²) in [5.74, 6) is 0. The molecule has 80 valence electrons. The summed E-state index contributed by atoms with van der Waals surface area (Å²) in [5, 5.41) is 0. The SMILES string of the molecule is [Cl][Hf]([Cl])=[Ge]([c]1ccccc1)[c]1ccccc1. The second-order valence-corrected chi connectivity index (χ2v) is 45.8. The summed E-state index contributed by atoms with van der Waals surface area (Å²) in [4.78, 5) is 0. The van der Waals surface area contributed by atoms with E-state index in [1.165, 1.54) is 8.79 Å². The number of benzene rings is 2. The van der Waals surface area contributed by atoms with Gasteiger partial charge in [-0.05, 0) is 0 Å². The molecule has 0 unspecified atom stereocenters. The van der Waals surface area contributed by atoms with Gasteiger partial charge in [0.25, 0.3) is 0 Å². The van der Waals surface area contributed by atoms with Crippen LogP contribution in [0.4, 0.5) is 0 Å². The van der Waals surface area contributed by atoms with Crippen molar-refractivity contribution in [2.45, 2.75) is 0 Å². The predicted octanol–water partition coefficient (Wildman–Crippen LogP) is 2.72. The Morgan fingerprint density at radius 2 is 1.06 bits per heavy atom. The molecule has 0 heterocycles. The van der Waals surface area contributed by atoms with Gasteiger partial charge in [-0.3, -0.25) is 0 Å². The summed E-state index contributed by atoms with van der Waals surface area (Å²) in [6, 6.07) is 21.1. The monoisotopic (exact) mass is 478 g/mol. The molecule has 0 N–H and O–H groups in total. The van der Waals surface area contributed by atoms with Gasteiger partial charge in [-0.1, -0.05) is 0 Å². The van der Waals surface area contributed by atoms with Crippen molar-refractivity contribution in [1.29, 1.82) is 0 Å². The van der Waals surface area contributed by atoms with E-state index in [0.717, 1.165) is 0 Å². The maximum absolute atomic E-state index is 6.37. The van der Waals surface area contributed by atoms with Crippen molar-refractivity contribution in [2.24, 2.45) is 0 Å². The molecule has 0 saturated heterocycles. The van der Waals surface area contributed by atoms with Crippen molar-refractivity contribution in [2.75, 3.05) is 0 Å².